The Morgan fingerprint density at radius 2 is 2.11 bits per heavy atom. The van der Waals surface area contributed by atoms with E-state index in [1.54, 1.807) is 0 Å². The lowest BCUT2D eigenvalue weighted by Gasteiger charge is -2.05. The molecule has 0 saturated heterocycles. The third-order valence-electron chi connectivity index (χ3n) is 3.12. The van der Waals surface area contributed by atoms with E-state index in [1.165, 1.54) is 0 Å². The van der Waals surface area contributed by atoms with Crippen molar-refractivity contribution >= 4 is 15.9 Å². The highest BCUT2D eigenvalue weighted by Crippen LogP contribution is 2.41. The minimum Gasteiger partial charge on any atom is -0.361 e. The monoisotopic (exact) mass is 309 g/mol. The predicted octanol–water partition coefficient (Wildman–Crippen LogP) is 2.68. The molecule has 0 bridgehead atoms. The van der Waals surface area contributed by atoms with Gasteiger partial charge in [0.05, 0.1) is 17.0 Å². The van der Waals surface area contributed by atoms with Crippen LogP contribution in [0, 0.1) is 13.8 Å². The molecular formula is C12H12BrN3O2. The van der Waals surface area contributed by atoms with Gasteiger partial charge in [0.1, 0.15) is 16.1 Å². The van der Waals surface area contributed by atoms with Gasteiger partial charge in [-0.25, -0.2) is 4.98 Å². The maximum atomic E-state index is 11.9. The smallest absolute Gasteiger partial charge is 0.265 e. The normalized spacial score (nSPS) is 15.1. The van der Waals surface area contributed by atoms with Gasteiger partial charge < -0.3 is 9.51 Å². The van der Waals surface area contributed by atoms with Gasteiger partial charge in [-0.05, 0) is 42.6 Å². The zero-order valence-corrected chi connectivity index (χ0v) is 11.7. The van der Waals surface area contributed by atoms with Gasteiger partial charge in [-0.15, -0.1) is 0 Å². The Labute approximate surface area is 112 Å². The van der Waals surface area contributed by atoms with Crippen molar-refractivity contribution in [2.45, 2.75) is 32.6 Å². The van der Waals surface area contributed by atoms with Gasteiger partial charge in [0.25, 0.3) is 5.56 Å². The summed E-state index contributed by atoms with van der Waals surface area (Å²) in [6.45, 7) is 3.65. The van der Waals surface area contributed by atoms with Crippen molar-refractivity contribution in [2.75, 3.05) is 0 Å². The van der Waals surface area contributed by atoms with Crippen LogP contribution in [-0.4, -0.2) is 15.1 Å². The fourth-order valence-electron chi connectivity index (χ4n) is 2.04. The fourth-order valence-corrected chi connectivity index (χ4v) is 2.55. The first-order valence-corrected chi connectivity index (χ1v) is 6.60. The summed E-state index contributed by atoms with van der Waals surface area (Å²) >= 11 is 3.31. The van der Waals surface area contributed by atoms with E-state index >= 15 is 0 Å². The van der Waals surface area contributed by atoms with Crippen molar-refractivity contribution in [3.63, 3.8) is 0 Å². The Hall–Kier alpha value is -1.43. The topological polar surface area (TPSA) is 71.8 Å². The van der Waals surface area contributed by atoms with Crippen LogP contribution in [0.4, 0.5) is 0 Å². The van der Waals surface area contributed by atoms with Crippen molar-refractivity contribution in [2.24, 2.45) is 0 Å². The second-order valence-corrected chi connectivity index (χ2v) is 5.38. The maximum Gasteiger partial charge on any atom is 0.265 e. The average Bonchev–Trinajstić information content (AvgIpc) is 3.10. The highest BCUT2D eigenvalue weighted by Gasteiger charge is 2.29. The Morgan fingerprint density at radius 3 is 2.67 bits per heavy atom. The maximum absolute atomic E-state index is 11.9. The van der Waals surface area contributed by atoms with Gasteiger partial charge in [0.2, 0.25) is 0 Å². The number of halogens is 1. The molecule has 1 aliphatic rings. The summed E-state index contributed by atoms with van der Waals surface area (Å²) in [6, 6.07) is 0. The molecule has 0 aliphatic heterocycles. The highest BCUT2D eigenvalue weighted by molar-refractivity contribution is 9.10. The number of H-pyrrole nitrogens is 1. The fraction of sp³-hybridized carbons (Fsp3) is 0.417. The summed E-state index contributed by atoms with van der Waals surface area (Å²) in [5, 5.41) is 3.89. The summed E-state index contributed by atoms with van der Waals surface area (Å²) in [6.07, 6.45) is 2.19. The first-order chi connectivity index (χ1) is 8.58. The molecule has 2 aromatic heterocycles. The zero-order valence-electron chi connectivity index (χ0n) is 10.1. The molecule has 1 aliphatic carbocycles. The second kappa shape index (κ2) is 4.05. The molecule has 2 heterocycles. The summed E-state index contributed by atoms with van der Waals surface area (Å²) in [7, 11) is 0. The lowest BCUT2D eigenvalue weighted by Crippen LogP contribution is -2.13. The van der Waals surface area contributed by atoms with Crippen LogP contribution < -0.4 is 5.56 Å². The molecule has 18 heavy (non-hydrogen) atoms. The van der Waals surface area contributed by atoms with Crippen LogP contribution in [-0.2, 0) is 0 Å². The van der Waals surface area contributed by atoms with Gasteiger partial charge in [-0.2, -0.15) is 0 Å². The Morgan fingerprint density at radius 1 is 1.39 bits per heavy atom. The highest BCUT2D eigenvalue weighted by atomic mass is 79.9. The SMILES string of the molecule is Cc1noc(C)c1-c1nc(C2CC2)c(Br)c(=O)[nH]1. The Bertz CT molecular complexity index is 651. The van der Waals surface area contributed by atoms with Crippen LogP contribution in [0.15, 0.2) is 13.8 Å². The first-order valence-electron chi connectivity index (χ1n) is 5.81. The summed E-state index contributed by atoms with van der Waals surface area (Å²) in [5.74, 6) is 1.61. The second-order valence-electron chi connectivity index (χ2n) is 4.59. The van der Waals surface area contributed by atoms with E-state index in [4.69, 9.17) is 4.52 Å². The molecule has 94 valence electrons. The van der Waals surface area contributed by atoms with Gasteiger partial charge in [-0.1, -0.05) is 5.16 Å². The van der Waals surface area contributed by atoms with Gasteiger partial charge in [0, 0.05) is 5.92 Å². The number of nitrogens with one attached hydrogen (secondary N) is 1. The van der Waals surface area contributed by atoms with Crippen LogP contribution in [0.1, 0.15) is 35.9 Å². The van der Waals surface area contributed by atoms with E-state index in [-0.39, 0.29) is 5.56 Å². The molecule has 0 amide bonds. The lowest BCUT2D eigenvalue weighted by atomic mass is 10.2. The minimum absolute atomic E-state index is 0.151. The Kier molecular flexibility index (Phi) is 2.62. The molecule has 1 N–H and O–H groups in total. The van der Waals surface area contributed by atoms with Crippen molar-refractivity contribution in [1.82, 2.24) is 15.1 Å². The van der Waals surface area contributed by atoms with E-state index in [0.29, 0.717) is 22.0 Å². The molecule has 0 radical (unpaired) electrons. The third-order valence-corrected chi connectivity index (χ3v) is 3.89. The molecule has 3 rings (SSSR count). The van der Waals surface area contributed by atoms with Crippen molar-refractivity contribution in [3.05, 3.63) is 32.0 Å². The van der Waals surface area contributed by atoms with E-state index in [2.05, 4.69) is 31.1 Å². The number of hydrogen-bond acceptors (Lipinski definition) is 4. The Balaban J connectivity index is 2.22. The molecule has 5 nitrogen and oxygen atoms in total. The summed E-state index contributed by atoms with van der Waals surface area (Å²) in [5.41, 5.74) is 2.21. The first kappa shape index (κ1) is 11.6. The third kappa shape index (κ3) is 1.80. The standard InChI is InChI=1S/C12H12BrN3O2/c1-5-8(6(2)18-16-5)11-14-10(7-3-4-7)9(13)12(17)15-11/h7H,3-4H2,1-2H3,(H,14,15,17). The van der Waals surface area contributed by atoms with E-state index in [1.807, 2.05) is 13.8 Å². The van der Waals surface area contributed by atoms with Crippen LogP contribution in [0.5, 0.6) is 0 Å². The molecule has 0 atom stereocenters. The van der Waals surface area contributed by atoms with E-state index in [9.17, 15) is 4.79 Å². The summed E-state index contributed by atoms with van der Waals surface area (Å²) in [4.78, 5) is 19.2. The molecular weight excluding hydrogens is 298 g/mol. The van der Waals surface area contributed by atoms with Crippen molar-refractivity contribution in [1.29, 1.82) is 0 Å². The number of aryl methyl sites for hydroxylation is 2. The van der Waals surface area contributed by atoms with Gasteiger partial charge in [0.15, 0.2) is 0 Å². The number of rotatable bonds is 2. The molecule has 0 unspecified atom stereocenters. The molecule has 0 spiro atoms. The zero-order chi connectivity index (χ0) is 12.9. The van der Waals surface area contributed by atoms with Crippen LogP contribution in [0.3, 0.4) is 0 Å². The van der Waals surface area contributed by atoms with Crippen LogP contribution in [0.2, 0.25) is 0 Å². The summed E-state index contributed by atoms with van der Waals surface area (Å²) < 4.78 is 5.65. The predicted molar refractivity (Wildman–Crippen MR) is 69.5 cm³/mol. The number of hydrogen-bond donors (Lipinski definition) is 1. The van der Waals surface area contributed by atoms with Crippen molar-refractivity contribution < 1.29 is 4.52 Å². The van der Waals surface area contributed by atoms with Crippen LogP contribution >= 0.6 is 15.9 Å². The largest absolute Gasteiger partial charge is 0.361 e. The quantitative estimate of drug-likeness (QED) is 0.925. The number of nitrogens with zero attached hydrogens (tertiary/aromatic N) is 2. The minimum atomic E-state index is -0.151. The van der Waals surface area contributed by atoms with E-state index < -0.39 is 0 Å². The molecule has 2 aromatic rings. The van der Waals surface area contributed by atoms with Crippen LogP contribution in [0.25, 0.3) is 11.4 Å². The number of aromatic nitrogens is 3. The van der Waals surface area contributed by atoms with E-state index in [0.717, 1.165) is 29.8 Å². The van der Waals surface area contributed by atoms with Crippen molar-refractivity contribution in [3.8, 4) is 11.4 Å². The molecule has 1 fully saturated rings. The average molecular weight is 310 g/mol. The lowest BCUT2D eigenvalue weighted by molar-refractivity contribution is 0.393. The molecule has 1 saturated carbocycles. The van der Waals surface area contributed by atoms with Gasteiger partial charge in [-0.3, -0.25) is 4.79 Å². The molecule has 0 aromatic carbocycles. The number of aromatic amines is 1. The molecule has 6 heteroatoms. The van der Waals surface area contributed by atoms with Gasteiger partial charge >= 0.3 is 0 Å².